The quantitative estimate of drug-likeness (QED) is 0.671. The monoisotopic (exact) mass is 386 g/mol. The zero-order valence-corrected chi connectivity index (χ0v) is 17.4. The minimum absolute atomic E-state index is 0.0524. The van der Waals surface area contributed by atoms with E-state index in [2.05, 4.69) is 29.1 Å². The number of ether oxygens (including phenoxy) is 2. The Hall–Kier alpha value is -2.83. The Morgan fingerprint density at radius 2 is 1.71 bits per heavy atom. The molecule has 0 aliphatic heterocycles. The number of amides is 1. The number of rotatable bonds is 10. The molecule has 0 aliphatic carbocycles. The lowest BCUT2D eigenvalue weighted by Gasteiger charge is -2.21. The molecule has 0 saturated carbocycles. The molecule has 1 heterocycles. The maximum Gasteiger partial charge on any atom is 0.272 e. The van der Waals surface area contributed by atoms with Crippen molar-refractivity contribution in [1.82, 2.24) is 14.9 Å². The third-order valence-corrected chi connectivity index (χ3v) is 4.25. The summed E-state index contributed by atoms with van der Waals surface area (Å²) in [5, 5.41) is 3.20. The number of methoxy groups -OCH3 is 2. The number of anilines is 1. The van der Waals surface area contributed by atoms with E-state index in [0.717, 1.165) is 37.2 Å². The SMILES string of the molecule is CCCN(CCC)C(=O)c1cc(C)nc(NCc2ccc(OC)c(OC)c2)n1. The number of benzene rings is 1. The highest BCUT2D eigenvalue weighted by molar-refractivity contribution is 5.92. The molecule has 2 rings (SSSR count). The summed E-state index contributed by atoms with van der Waals surface area (Å²) in [5.41, 5.74) is 2.17. The van der Waals surface area contributed by atoms with Gasteiger partial charge in [0.15, 0.2) is 11.5 Å². The van der Waals surface area contributed by atoms with Crippen molar-refractivity contribution < 1.29 is 14.3 Å². The van der Waals surface area contributed by atoms with Crippen molar-refractivity contribution in [3.05, 3.63) is 41.2 Å². The number of aromatic nitrogens is 2. The van der Waals surface area contributed by atoms with Crippen LogP contribution in [0.2, 0.25) is 0 Å². The molecule has 152 valence electrons. The Morgan fingerprint density at radius 1 is 1.04 bits per heavy atom. The van der Waals surface area contributed by atoms with Gasteiger partial charge in [-0.15, -0.1) is 0 Å². The number of nitrogens with one attached hydrogen (secondary N) is 1. The summed E-state index contributed by atoms with van der Waals surface area (Å²) in [6, 6.07) is 7.44. The van der Waals surface area contributed by atoms with Gasteiger partial charge >= 0.3 is 0 Å². The maximum absolute atomic E-state index is 12.8. The molecule has 2 aromatic rings. The molecule has 0 bridgehead atoms. The Morgan fingerprint density at radius 3 is 2.32 bits per heavy atom. The van der Waals surface area contributed by atoms with Crippen molar-refractivity contribution in [2.45, 2.75) is 40.2 Å². The van der Waals surface area contributed by atoms with E-state index >= 15 is 0 Å². The van der Waals surface area contributed by atoms with E-state index in [0.29, 0.717) is 29.7 Å². The summed E-state index contributed by atoms with van der Waals surface area (Å²) in [6.07, 6.45) is 1.83. The summed E-state index contributed by atoms with van der Waals surface area (Å²) in [6.45, 7) is 7.96. The van der Waals surface area contributed by atoms with E-state index in [9.17, 15) is 4.79 Å². The van der Waals surface area contributed by atoms with Crippen LogP contribution in [0, 0.1) is 6.92 Å². The summed E-state index contributed by atoms with van der Waals surface area (Å²) in [5.74, 6) is 1.73. The molecule has 1 aromatic carbocycles. The minimum atomic E-state index is -0.0524. The maximum atomic E-state index is 12.8. The molecular weight excluding hydrogens is 356 g/mol. The average molecular weight is 386 g/mol. The molecule has 0 aliphatic rings. The van der Waals surface area contributed by atoms with Gasteiger partial charge in [-0.25, -0.2) is 9.97 Å². The molecule has 1 aromatic heterocycles. The van der Waals surface area contributed by atoms with Gasteiger partial charge in [0, 0.05) is 25.3 Å². The first kappa shape index (κ1) is 21.5. The summed E-state index contributed by atoms with van der Waals surface area (Å²) < 4.78 is 10.6. The van der Waals surface area contributed by atoms with Crippen LogP contribution >= 0.6 is 0 Å². The number of nitrogens with zero attached hydrogens (tertiary/aromatic N) is 3. The Labute approximate surface area is 167 Å². The predicted octanol–water partition coefficient (Wildman–Crippen LogP) is 3.68. The highest BCUT2D eigenvalue weighted by atomic mass is 16.5. The molecule has 1 amide bonds. The lowest BCUT2D eigenvalue weighted by molar-refractivity contribution is 0.0749. The fourth-order valence-corrected chi connectivity index (χ4v) is 2.95. The number of hydrogen-bond acceptors (Lipinski definition) is 6. The van der Waals surface area contributed by atoms with Gasteiger partial charge in [0.05, 0.1) is 14.2 Å². The van der Waals surface area contributed by atoms with Gasteiger partial charge in [-0.05, 0) is 43.5 Å². The number of carbonyl (C=O) groups excluding carboxylic acids is 1. The molecule has 0 unspecified atom stereocenters. The van der Waals surface area contributed by atoms with Crippen LogP contribution in [-0.2, 0) is 6.54 Å². The second-order valence-electron chi connectivity index (χ2n) is 6.55. The van der Waals surface area contributed by atoms with Crippen LogP contribution in [0.4, 0.5) is 5.95 Å². The second-order valence-corrected chi connectivity index (χ2v) is 6.55. The number of hydrogen-bond donors (Lipinski definition) is 1. The van der Waals surface area contributed by atoms with Crippen molar-refractivity contribution in [1.29, 1.82) is 0 Å². The molecule has 7 nitrogen and oxygen atoms in total. The lowest BCUT2D eigenvalue weighted by atomic mass is 10.2. The number of carbonyl (C=O) groups is 1. The standard InChI is InChI=1S/C21H30N4O3/c1-6-10-25(11-7-2)20(26)17-12-15(3)23-21(24-17)22-14-16-8-9-18(27-4)19(13-16)28-5/h8-9,12-13H,6-7,10-11,14H2,1-5H3,(H,22,23,24). The van der Waals surface area contributed by atoms with Crippen LogP contribution < -0.4 is 14.8 Å². The average Bonchev–Trinajstić information content (AvgIpc) is 2.70. The topological polar surface area (TPSA) is 76.6 Å². The van der Waals surface area contributed by atoms with Crippen LogP contribution in [0.3, 0.4) is 0 Å². The summed E-state index contributed by atoms with van der Waals surface area (Å²) in [4.78, 5) is 23.5. The van der Waals surface area contributed by atoms with E-state index in [1.54, 1.807) is 20.3 Å². The Balaban J connectivity index is 2.16. The van der Waals surface area contributed by atoms with Crippen molar-refractivity contribution in [3.8, 4) is 11.5 Å². The Bertz CT molecular complexity index is 789. The molecule has 0 radical (unpaired) electrons. The molecule has 0 spiro atoms. The van der Waals surface area contributed by atoms with E-state index in [-0.39, 0.29) is 5.91 Å². The normalized spacial score (nSPS) is 10.5. The first-order valence-corrected chi connectivity index (χ1v) is 9.62. The van der Waals surface area contributed by atoms with Crippen molar-refractivity contribution >= 4 is 11.9 Å². The molecule has 1 N–H and O–H groups in total. The van der Waals surface area contributed by atoms with Gasteiger partial charge in [-0.2, -0.15) is 0 Å². The van der Waals surface area contributed by atoms with Crippen LogP contribution in [0.5, 0.6) is 11.5 Å². The minimum Gasteiger partial charge on any atom is -0.493 e. The number of aryl methyl sites for hydroxylation is 1. The van der Waals surface area contributed by atoms with Gasteiger partial charge < -0.3 is 19.7 Å². The van der Waals surface area contributed by atoms with E-state index < -0.39 is 0 Å². The summed E-state index contributed by atoms with van der Waals surface area (Å²) >= 11 is 0. The zero-order chi connectivity index (χ0) is 20.5. The fourth-order valence-electron chi connectivity index (χ4n) is 2.95. The molecule has 0 fully saturated rings. The van der Waals surface area contributed by atoms with Crippen LogP contribution in [0.1, 0.15) is 48.4 Å². The van der Waals surface area contributed by atoms with Crippen LogP contribution in [0.25, 0.3) is 0 Å². The van der Waals surface area contributed by atoms with Crippen LogP contribution in [0.15, 0.2) is 24.3 Å². The predicted molar refractivity (Wildman–Crippen MR) is 110 cm³/mol. The van der Waals surface area contributed by atoms with Crippen LogP contribution in [-0.4, -0.2) is 48.1 Å². The highest BCUT2D eigenvalue weighted by Gasteiger charge is 2.17. The summed E-state index contributed by atoms with van der Waals surface area (Å²) in [7, 11) is 3.21. The van der Waals surface area contributed by atoms with E-state index in [4.69, 9.17) is 9.47 Å². The van der Waals surface area contributed by atoms with Gasteiger partial charge in [0.2, 0.25) is 5.95 Å². The fraction of sp³-hybridized carbons (Fsp3) is 0.476. The molecular formula is C21H30N4O3. The third-order valence-electron chi connectivity index (χ3n) is 4.25. The molecule has 7 heteroatoms. The van der Waals surface area contributed by atoms with E-state index in [1.807, 2.05) is 30.0 Å². The molecule has 0 atom stereocenters. The largest absolute Gasteiger partial charge is 0.493 e. The highest BCUT2D eigenvalue weighted by Crippen LogP contribution is 2.27. The van der Waals surface area contributed by atoms with Crippen molar-refractivity contribution in [2.24, 2.45) is 0 Å². The zero-order valence-electron chi connectivity index (χ0n) is 17.4. The lowest BCUT2D eigenvalue weighted by Crippen LogP contribution is -2.33. The molecule has 28 heavy (non-hydrogen) atoms. The third kappa shape index (κ3) is 5.58. The first-order chi connectivity index (χ1) is 13.5. The van der Waals surface area contributed by atoms with Gasteiger partial charge in [0.1, 0.15) is 5.69 Å². The van der Waals surface area contributed by atoms with Gasteiger partial charge in [-0.3, -0.25) is 4.79 Å². The molecule has 0 saturated heterocycles. The smallest absolute Gasteiger partial charge is 0.272 e. The van der Waals surface area contributed by atoms with E-state index in [1.165, 1.54) is 0 Å². The van der Waals surface area contributed by atoms with Gasteiger partial charge in [-0.1, -0.05) is 19.9 Å². The van der Waals surface area contributed by atoms with Crippen molar-refractivity contribution in [3.63, 3.8) is 0 Å². The second kappa shape index (κ2) is 10.5. The Kier molecular flexibility index (Phi) is 8.04. The first-order valence-electron chi connectivity index (χ1n) is 9.62. The van der Waals surface area contributed by atoms with Gasteiger partial charge in [0.25, 0.3) is 5.91 Å². The van der Waals surface area contributed by atoms with Crippen molar-refractivity contribution in [2.75, 3.05) is 32.6 Å².